The minimum Gasteiger partial charge on any atom is -0.443 e. The Hall–Kier alpha value is -0.820. The van der Waals surface area contributed by atoms with E-state index in [2.05, 4.69) is 4.18 Å². The fourth-order valence-corrected chi connectivity index (χ4v) is 1.96. The molecule has 0 aromatic carbocycles. The molecule has 15 heavy (non-hydrogen) atoms. The summed E-state index contributed by atoms with van der Waals surface area (Å²) < 4.78 is 47.0. The molecular formula is C8H15NO5S. The Balaban J connectivity index is 3.02. The molecule has 0 bridgehead atoms. The Labute approximate surface area is 92.2 Å². The van der Waals surface area contributed by atoms with Crippen molar-refractivity contribution in [3.63, 3.8) is 0 Å². The van der Waals surface area contributed by atoms with E-state index in [1.165, 1.54) is 6.92 Å². The molecule has 0 radical (unpaired) electrons. The summed E-state index contributed by atoms with van der Waals surface area (Å²) in [7, 11) is -4.43. The number of ether oxygens (including phenoxy) is 1. The molecule has 1 heterocycles. The molecule has 1 aliphatic rings. The smallest absolute Gasteiger partial charge is 0.426 e. The lowest BCUT2D eigenvalue weighted by Crippen LogP contribution is -2.41. The van der Waals surface area contributed by atoms with Crippen LogP contribution in [0.25, 0.3) is 0 Å². The van der Waals surface area contributed by atoms with E-state index < -0.39 is 34.6 Å². The Bertz CT molecular complexity index is 428. The minimum absolute atomic E-state index is 0.276. The van der Waals surface area contributed by atoms with Gasteiger partial charge in [0.2, 0.25) is 0 Å². The zero-order chi connectivity index (χ0) is 13.6. The molecule has 0 aromatic rings. The molecule has 0 spiro atoms. The van der Waals surface area contributed by atoms with Crippen molar-refractivity contribution in [3.05, 3.63) is 0 Å². The topological polar surface area (TPSA) is 72.9 Å². The van der Waals surface area contributed by atoms with Gasteiger partial charge in [0.05, 0.1) is 15.3 Å². The number of rotatable bonds is 0. The fourth-order valence-electron chi connectivity index (χ4n) is 0.968. The molecule has 0 N–H and O–H groups in total. The monoisotopic (exact) mass is 239 g/mol. The van der Waals surface area contributed by atoms with Crippen molar-refractivity contribution in [2.45, 2.75) is 39.3 Å². The van der Waals surface area contributed by atoms with Crippen LogP contribution in [-0.2, 0) is 19.2 Å². The first-order valence-electron chi connectivity index (χ1n) is 5.35. The molecule has 1 saturated heterocycles. The maximum Gasteiger partial charge on any atom is 0.426 e. The largest absolute Gasteiger partial charge is 0.443 e. The Kier molecular flexibility index (Phi) is 2.28. The van der Waals surface area contributed by atoms with E-state index in [9.17, 15) is 13.2 Å². The van der Waals surface area contributed by atoms with Crippen LogP contribution < -0.4 is 0 Å². The molecule has 1 fully saturated rings. The zero-order valence-electron chi connectivity index (χ0n) is 11.0. The average molecular weight is 239 g/mol. The SMILES string of the molecule is [2H]C1([2H])OS(=O)(=O)N(C(=O)OC(C)(C)C)[C@H]1C. The normalized spacial score (nSPS) is 30.7. The molecule has 6 nitrogen and oxygen atoms in total. The fraction of sp³-hybridized carbons (Fsp3) is 0.875. The van der Waals surface area contributed by atoms with Crippen LogP contribution in [-0.4, -0.2) is 37.0 Å². The van der Waals surface area contributed by atoms with Crippen molar-refractivity contribution in [1.29, 1.82) is 0 Å². The maximum atomic E-state index is 11.7. The van der Waals surface area contributed by atoms with Gasteiger partial charge in [-0.2, -0.15) is 12.7 Å². The summed E-state index contributed by atoms with van der Waals surface area (Å²) in [6.07, 6.45) is -1.15. The van der Waals surface area contributed by atoms with Gasteiger partial charge >= 0.3 is 16.4 Å². The van der Waals surface area contributed by atoms with Crippen molar-refractivity contribution in [2.24, 2.45) is 0 Å². The molecule has 88 valence electrons. The van der Waals surface area contributed by atoms with E-state index in [1.54, 1.807) is 20.8 Å². The lowest BCUT2D eigenvalue weighted by molar-refractivity contribution is 0.0366. The summed E-state index contributed by atoms with van der Waals surface area (Å²) >= 11 is 0. The minimum atomic E-state index is -4.43. The van der Waals surface area contributed by atoms with E-state index in [4.69, 9.17) is 7.48 Å². The molecule has 1 atom stereocenters. The first-order valence-corrected chi connectivity index (χ1v) is 5.71. The average Bonchev–Trinajstić information content (AvgIpc) is 2.11. The second kappa shape index (κ2) is 3.64. The van der Waals surface area contributed by atoms with Gasteiger partial charge in [-0.1, -0.05) is 0 Å². The summed E-state index contributed by atoms with van der Waals surface area (Å²) in [6.45, 7) is 3.51. The van der Waals surface area contributed by atoms with E-state index in [0.717, 1.165) is 0 Å². The van der Waals surface area contributed by atoms with Crippen LogP contribution in [0.5, 0.6) is 0 Å². The number of hydrogen-bond acceptors (Lipinski definition) is 5. The molecule has 0 aliphatic carbocycles. The molecule has 1 rings (SSSR count). The maximum absolute atomic E-state index is 11.7. The summed E-state index contributed by atoms with van der Waals surface area (Å²) in [6, 6.07) is -1.28. The van der Waals surface area contributed by atoms with Gasteiger partial charge in [-0.15, -0.1) is 0 Å². The van der Waals surface area contributed by atoms with Gasteiger partial charge in [-0.25, -0.2) is 4.79 Å². The number of nitrogens with zero attached hydrogens (tertiary/aromatic N) is 1. The van der Waals surface area contributed by atoms with E-state index in [1.807, 2.05) is 0 Å². The van der Waals surface area contributed by atoms with Gasteiger partial charge in [0.15, 0.2) is 0 Å². The number of amides is 1. The summed E-state index contributed by atoms with van der Waals surface area (Å²) in [5.74, 6) is 0. The van der Waals surface area contributed by atoms with Crippen molar-refractivity contribution >= 4 is 16.4 Å². The van der Waals surface area contributed by atoms with Crippen LogP contribution in [0.1, 0.15) is 30.4 Å². The zero-order valence-corrected chi connectivity index (χ0v) is 9.79. The van der Waals surface area contributed by atoms with Crippen molar-refractivity contribution in [1.82, 2.24) is 4.31 Å². The molecule has 1 amide bonds. The summed E-state index contributed by atoms with van der Waals surface area (Å²) in [5.41, 5.74) is -0.873. The highest BCUT2D eigenvalue weighted by atomic mass is 32.2. The van der Waals surface area contributed by atoms with E-state index in [0.29, 0.717) is 0 Å². The second-order valence-electron chi connectivity index (χ2n) is 4.11. The van der Waals surface area contributed by atoms with Crippen LogP contribution in [0.4, 0.5) is 4.79 Å². The molecule has 0 unspecified atom stereocenters. The van der Waals surface area contributed by atoms with E-state index >= 15 is 0 Å². The van der Waals surface area contributed by atoms with Gasteiger partial charge in [-0.05, 0) is 27.7 Å². The van der Waals surface area contributed by atoms with Crippen LogP contribution in [0.15, 0.2) is 0 Å². The van der Waals surface area contributed by atoms with E-state index in [-0.39, 0.29) is 4.31 Å². The molecule has 1 aliphatic heterocycles. The van der Waals surface area contributed by atoms with Crippen LogP contribution in [0.3, 0.4) is 0 Å². The van der Waals surface area contributed by atoms with Gasteiger partial charge < -0.3 is 4.74 Å². The molecule has 0 aromatic heterocycles. The van der Waals surface area contributed by atoms with Gasteiger partial charge in [0.1, 0.15) is 5.60 Å². The first-order chi connectivity index (χ1) is 7.37. The van der Waals surface area contributed by atoms with Crippen molar-refractivity contribution in [3.8, 4) is 0 Å². The second-order valence-corrected chi connectivity index (χ2v) is 5.53. The quantitative estimate of drug-likeness (QED) is 0.627. The van der Waals surface area contributed by atoms with Crippen LogP contribution in [0, 0.1) is 0 Å². The van der Waals surface area contributed by atoms with Gasteiger partial charge in [0.25, 0.3) is 0 Å². The van der Waals surface area contributed by atoms with Crippen molar-refractivity contribution in [2.75, 3.05) is 6.56 Å². The number of hydrogen-bond donors (Lipinski definition) is 0. The summed E-state index contributed by atoms with van der Waals surface area (Å²) in [4.78, 5) is 11.7. The summed E-state index contributed by atoms with van der Waals surface area (Å²) in [5, 5.41) is 0. The third kappa shape index (κ3) is 2.82. The number of carbonyl (C=O) groups is 1. The lowest BCUT2D eigenvalue weighted by Gasteiger charge is -2.24. The third-order valence-corrected chi connectivity index (χ3v) is 2.74. The Morgan fingerprint density at radius 1 is 1.60 bits per heavy atom. The standard InChI is InChI=1S/C8H15NO5S/c1-6-5-13-15(11,12)9(6)7(10)14-8(2,3)4/h6H,5H2,1-4H3/t6-/m0/s1/i5D2. The predicted molar refractivity (Wildman–Crippen MR) is 52.4 cm³/mol. The van der Waals surface area contributed by atoms with Crippen LogP contribution in [0.2, 0.25) is 0 Å². The van der Waals surface area contributed by atoms with Gasteiger partial charge in [-0.3, -0.25) is 4.18 Å². The molecule has 7 heteroatoms. The predicted octanol–water partition coefficient (Wildman–Crippen LogP) is 0.887. The highest BCUT2D eigenvalue weighted by Crippen LogP contribution is 2.21. The van der Waals surface area contributed by atoms with Gasteiger partial charge in [0, 0.05) is 0 Å². The molecule has 0 saturated carbocycles. The van der Waals surface area contributed by atoms with Crippen LogP contribution >= 0.6 is 0 Å². The Morgan fingerprint density at radius 2 is 2.13 bits per heavy atom. The lowest BCUT2D eigenvalue weighted by atomic mass is 10.2. The molecular weight excluding hydrogens is 222 g/mol. The highest BCUT2D eigenvalue weighted by molar-refractivity contribution is 7.85. The number of carbonyl (C=O) groups excluding carboxylic acids is 1. The van der Waals surface area contributed by atoms with Crippen molar-refractivity contribution < 1.29 is 24.9 Å². The highest BCUT2D eigenvalue weighted by Gasteiger charge is 2.42. The third-order valence-electron chi connectivity index (χ3n) is 1.49. The Morgan fingerprint density at radius 3 is 2.47 bits per heavy atom. The first kappa shape index (κ1) is 9.41.